The highest BCUT2D eigenvalue weighted by molar-refractivity contribution is 7.92. The Morgan fingerprint density at radius 3 is 2.14 bits per heavy atom. The van der Waals surface area contributed by atoms with Crippen LogP contribution < -0.4 is 4.31 Å². The van der Waals surface area contributed by atoms with Crippen LogP contribution in [0, 0.1) is 24.4 Å². The number of sulfonamides is 1. The van der Waals surface area contributed by atoms with Gasteiger partial charge in [-0.1, -0.05) is 17.7 Å². The Hall–Kier alpha value is -2.51. The zero-order chi connectivity index (χ0) is 21.3. The van der Waals surface area contributed by atoms with E-state index in [0.717, 1.165) is 22.5 Å². The molecule has 0 radical (unpaired) electrons. The summed E-state index contributed by atoms with van der Waals surface area (Å²) in [6.45, 7) is 3.17. The molecular formula is C21H17ClF3NO2S. The van der Waals surface area contributed by atoms with Crippen molar-refractivity contribution < 1.29 is 21.6 Å². The number of aryl methyl sites for hydroxylation is 1. The van der Waals surface area contributed by atoms with Gasteiger partial charge < -0.3 is 0 Å². The van der Waals surface area contributed by atoms with Crippen LogP contribution in [0.15, 0.2) is 65.6 Å². The fraction of sp³-hybridized carbons (Fsp3) is 0.143. The number of benzene rings is 3. The van der Waals surface area contributed by atoms with Crippen molar-refractivity contribution in [2.24, 2.45) is 0 Å². The summed E-state index contributed by atoms with van der Waals surface area (Å²) in [5.41, 5.74) is 0.453. The van der Waals surface area contributed by atoms with Crippen LogP contribution in [0.25, 0.3) is 0 Å². The molecule has 3 aromatic carbocycles. The topological polar surface area (TPSA) is 37.4 Å². The van der Waals surface area contributed by atoms with Crippen molar-refractivity contribution in [1.82, 2.24) is 0 Å². The van der Waals surface area contributed by atoms with Crippen LogP contribution >= 0.6 is 11.6 Å². The zero-order valence-corrected chi connectivity index (χ0v) is 17.1. The molecule has 0 spiro atoms. The van der Waals surface area contributed by atoms with Gasteiger partial charge in [-0.2, -0.15) is 0 Å². The van der Waals surface area contributed by atoms with Crippen LogP contribution in [0.3, 0.4) is 0 Å². The van der Waals surface area contributed by atoms with Gasteiger partial charge in [0.1, 0.15) is 17.5 Å². The summed E-state index contributed by atoms with van der Waals surface area (Å²) < 4.78 is 70.0. The lowest BCUT2D eigenvalue weighted by atomic mass is 10.0. The number of hydrogen-bond donors (Lipinski definition) is 0. The maximum Gasteiger partial charge on any atom is 0.264 e. The number of nitrogens with zero attached hydrogens (tertiary/aromatic N) is 1. The summed E-state index contributed by atoms with van der Waals surface area (Å²) in [6.07, 6.45) is 0. The van der Waals surface area contributed by atoms with E-state index in [4.69, 9.17) is 11.6 Å². The third-order valence-corrected chi connectivity index (χ3v) is 6.71. The van der Waals surface area contributed by atoms with Crippen molar-refractivity contribution in [1.29, 1.82) is 0 Å². The molecular weight excluding hydrogens is 423 g/mol. The molecule has 0 fully saturated rings. The summed E-state index contributed by atoms with van der Waals surface area (Å²) in [6, 6.07) is 10.7. The average Bonchev–Trinajstić information content (AvgIpc) is 2.66. The summed E-state index contributed by atoms with van der Waals surface area (Å²) >= 11 is 5.84. The van der Waals surface area contributed by atoms with E-state index in [9.17, 15) is 21.6 Å². The van der Waals surface area contributed by atoms with Gasteiger partial charge in [-0.3, -0.25) is 4.31 Å². The molecule has 3 rings (SSSR count). The summed E-state index contributed by atoms with van der Waals surface area (Å²) in [5, 5.41) is 0.321. The highest BCUT2D eigenvalue weighted by Gasteiger charge is 2.33. The molecule has 3 aromatic rings. The van der Waals surface area contributed by atoms with Crippen molar-refractivity contribution in [2.45, 2.75) is 24.8 Å². The Morgan fingerprint density at radius 2 is 1.48 bits per heavy atom. The van der Waals surface area contributed by atoms with Gasteiger partial charge in [0.15, 0.2) is 0 Å². The largest absolute Gasteiger partial charge is 0.264 e. The Morgan fingerprint density at radius 1 is 0.897 bits per heavy atom. The number of anilines is 1. The molecule has 3 nitrogen and oxygen atoms in total. The average molecular weight is 440 g/mol. The van der Waals surface area contributed by atoms with Gasteiger partial charge in [-0.05, 0) is 73.5 Å². The maximum absolute atomic E-state index is 14.6. The first-order valence-electron chi connectivity index (χ1n) is 8.62. The minimum absolute atomic E-state index is 0.161. The van der Waals surface area contributed by atoms with Crippen LogP contribution in [0.1, 0.15) is 24.1 Å². The molecule has 0 heterocycles. The predicted octanol–water partition coefficient (Wildman–Crippen LogP) is 6.02. The Balaban J connectivity index is 2.25. The van der Waals surface area contributed by atoms with Gasteiger partial charge in [0, 0.05) is 11.1 Å². The fourth-order valence-electron chi connectivity index (χ4n) is 3.11. The third kappa shape index (κ3) is 4.26. The lowest BCUT2D eigenvalue weighted by molar-refractivity contribution is 0.568. The van der Waals surface area contributed by atoms with Crippen LogP contribution in [-0.4, -0.2) is 8.42 Å². The monoisotopic (exact) mass is 439 g/mol. The van der Waals surface area contributed by atoms with Gasteiger partial charge in [0.05, 0.1) is 16.6 Å². The smallest absolute Gasteiger partial charge is 0.256 e. The quantitative estimate of drug-likeness (QED) is 0.487. The molecule has 0 saturated carbocycles. The molecule has 8 heteroatoms. The van der Waals surface area contributed by atoms with Gasteiger partial charge in [0.2, 0.25) is 0 Å². The third-order valence-electron chi connectivity index (χ3n) is 4.56. The second-order valence-corrected chi connectivity index (χ2v) is 8.78. The molecule has 0 saturated heterocycles. The molecule has 0 aromatic heterocycles. The highest BCUT2D eigenvalue weighted by atomic mass is 35.5. The van der Waals surface area contributed by atoms with E-state index in [1.807, 2.05) is 0 Å². The van der Waals surface area contributed by atoms with Crippen molar-refractivity contribution >= 4 is 27.3 Å². The SMILES string of the molecule is Cc1ccc(F)cc1[C@@H](C)N(c1cc(F)ccc1F)S(=O)(=O)c1ccc(Cl)cc1. The minimum Gasteiger partial charge on any atom is -0.256 e. The molecule has 1 atom stereocenters. The zero-order valence-electron chi connectivity index (χ0n) is 15.5. The molecule has 0 bridgehead atoms. The van der Waals surface area contributed by atoms with Crippen LogP contribution in [0.4, 0.5) is 18.9 Å². The van der Waals surface area contributed by atoms with E-state index >= 15 is 0 Å². The second-order valence-electron chi connectivity index (χ2n) is 6.53. The summed E-state index contributed by atoms with van der Waals surface area (Å²) in [5.74, 6) is -2.30. The number of hydrogen-bond acceptors (Lipinski definition) is 2. The van der Waals surface area contributed by atoms with E-state index < -0.39 is 39.2 Å². The minimum atomic E-state index is -4.34. The Bertz CT molecular complexity index is 1150. The Labute approximate surface area is 172 Å². The van der Waals surface area contributed by atoms with Crippen molar-refractivity contribution in [2.75, 3.05) is 4.31 Å². The molecule has 0 amide bonds. The van der Waals surface area contributed by atoms with Gasteiger partial charge >= 0.3 is 0 Å². The van der Waals surface area contributed by atoms with Crippen LogP contribution in [0.2, 0.25) is 5.02 Å². The first kappa shape index (κ1) is 21.2. The normalized spacial score (nSPS) is 12.6. The predicted molar refractivity (Wildman–Crippen MR) is 107 cm³/mol. The molecule has 0 aliphatic carbocycles. The molecule has 0 N–H and O–H groups in total. The summed E-state index contributed by atoms with van der Waals surface area (Å²) in [4.78, 5) is -0.161. The first-order valence-corrected chi connectivity index (χ1v) is 10.4. The molecule has 0 aliphatic rings. The van der Waals surface area contributed by atoms with Gasteiger partial charge in [-0.25, -0.2) is 21.6 Å². The van der Waals surface area contributed by atoms with E-state index in [1.54, 1.807) is 6.92 Å². The van der Waals surface area contributed by atoms with Crippen molar-refractivity contribution in [3.63, 3.8) is 0 Å². The second kappa shape index (κ2) is 8.08. The van der Waals surface area contributed by atoms with Crippen molar-refractivity contribution in [3.8, 4) is 0 Å². The number of rotatable bonds is 5. The highest BCUT2D eigenvalue weighted by Crippen LogP contribution is 2.36. The lowest BCUT2D eigenvalue weighted by Gasteiger charge is -2.32. The maximum atomic E-state index is 14.6. The first-order chi connectivity index (χ1) is 13.6. The molecule has 29 heavy (non-hydrogen) atoms. The standard InChI is InChI=1S/C21H17ClF3NO2S/c1-13-3-6-16(23)11-19(13)14(2)26(21-12-17(24)7-10-20(21)25)29(27,28)18-8-4-15(22)5-9-18/h3-12,14H,1-2H3/t14-/m1/s1. The summed E-state index contributed by atoms with van der Waals surface area (Å²) in [7, 11) is -4.34. The number of halogens is 4. The molecule has 0 unspecified atom stereocenters. The van der Waals surface area contributed by atoms with E-state index in [-0.39, 0.29) is 4.90 Å². The van der Waals surface area contributed by atoms with Crippen LogP contribution in [-0.2, 0) is 10.0 Å². The van der Waals surface area contributed by atoms with E-state index in [1.165, 1.54) is 49.4 Å². The van der Waals surface area contributed by atoms with Crippen LogP contribution in [0.5, 0.6) is 0 Å². The lowest BCUT2D eigenvalue weighted by Crippen LogP contribution is -2.35. The molecule has 0 aliphatic heterocycles. The van der Waals surface area contributed by atoms with Gasteiger partial charge in [0.25, 0.3) is 10.0 Å². The van der Waals surface area contributed by atoms with Crippen molar-refractivity contribution in [3.05, 3.63) is 94.3 Å². The Kier molecular flexibility index (Phi) is 5.91. The van der Waals surface area contributed by atoms with E-state index in [0.29, 0.717) is 16.1 Å². The van der Waals surface area contributed by atoms with Gasteiger partial charge in [-0.15, -0.1) is 0 Å². The molecule has 152 valence electrons. The van der Waals surface area contributed by atoms with E-state index in [2.05, 4.69) is 0 Å². The fourth-order valence-corrected chi connectivity index (χ4v) is 4.87.